The van der Waals surface area contributed by atoms with Crippen molar-refractivity contribution in [3.05, 3.63) is 65.2 Å². The molecule has 5 heteroatoms. The van der Waals surface area contributed by atoms with E-state index in [0.717, 1.165) is 23.2 Å². The Hall–Kier alpha value is -2.66. The Morgan fingerprint density at radius 1 is 1.21 bits per heavy atom. The van der Waals surface area contributed by atoms with E-state index in [1.807, 2.05) is 43.3 Å². The summed E-state index contributed by atoms with van der Waals surface area (Å²) in [4.78, 5) is 26.7. The summed E-state index contributed by atoms with van der Waals surface area (Å²) in [5, 5.41) is 12.8. The molecule has 2 aromatic carbocycles. The second-order valence-electron chi connectivity index (χ2n) is 8.23. The van der Waals surface area contributed by atoms with E-state index in [2.05, 4.69) is 5.32 Å². The van der Waals surface area contributed by atoms with E-state index in [-0.39, 0.29) is 17.9 Å². The van der Waals surface area contributed by atoms with Crippen LogP contribution >= 0.6 is 0 Å². The lowest BCUT2D eigenvalue weighted by molar-refractivity contribution is -0.117. The van der Waals surface area contributed by atoms with Gasteiger partial charge in [-0.25, -0.2) is 0 Å². The second-order valence-corrected chi connectivity index (χ2v) is 8.23. The molecule has 1 heterocycles. The van der Waals surface area contributed by atoms with Gasteiger partial charge in [-0.2, -0.15) is 0 Å². The van der Waals surface area contributed by atoms with Crippen molar-refractivity contribution >= 4 is 17.5 Å². The molecule has 3 rings (SSSR count). The molecular weight excluding hydrogens is 352 g/mol. The van der Waals surface area contributed by atoms with Gasteiger partial charge in [-0.05, 0) is 69.0 Å². The molecule has 0 aliphatic carbocycles. The van der Waals surface area contributed by atoms with Crippen LogP contribution in [0.2, 0.25) is 0 Å². The molecule has 0 spiro atoms. The molecule has 0 radical (unpaired) electrons. The van der Waals surface area contributed by atoms with E-state index >= 15 is 0 Å². The van der Waals surface area contributed by atoms with Gasteiger partial charge in [0.1, 0.15) is 0 Å². The van der Waals surface area contributed by atoms with Crippen LogP contribution in [0.1, 0.15) is 48.2 Å². The summed E-state index contributed by atoms with van der Waals surface area (Å²) < 4.78 is 0. The normalized spacial score (nSPS) is 17.1. The molecule has 5 nitrogen and oxygen atoms in total. The number of rotatable bonds is 6. The van der Waals surface area contributed by atoms with Crippen molar-refractivity contribution in [3.63, 3.8) is 0 Å². The number of aliphatic hydroxyl groups is 1. The zero-order chi connectivity index (χ0) is 20.3. The number of aryl methyl sites for hydroxylation is 2. The van der Waals surface area contributed by atoms with E-state index in [0.29, 0.717) is 24.9 Å². The van der Waals surface area contributed by atoms with Gasteiger partial charge in [-0.15, -0.1) is 0 Å². The Morgan fingerprint density at radius 2 is 1.93 bits per heavy atom. The fourth-order valence-corrected chi connectivity index (χ4v) is 3.39. The monoisotopic (exact) mass is 380 g/mol. The van der Waals surface area contributed by atoms with Gasteiger partial charge in [0.2, 0.25) is 5.91 Å². The minimum atomic E-state index is -0.700. The molecule has 1 atom stereocenters. The van der Waals surface area contributed by atoms with Crippen molar-refractivity contribution in [2.24, 2.45) is 0 Å². The van der Waals surface area contributed by atoms with Crippen LogP contribution in [0.3, 0.4) is 0 Å². The summed E-state index contributed by atoms with van der Waals surface area (Å²) >= 11 is 0. The molecule has 0 aromatic heterocycles. The molecule has 2 amide bonds. The molecule has 0 unspecified atom stereocenters. The predicted octanol–water partition coefficient (Wildman–Crippen LogP) is 3.23. The summed E-state index contributed by atoms with van der Waals surface area (Å²) in [5.41, 5.74) is 2.93. The average molecular weight is 380 g/mol. The highest BCUT2D eigenvalue weighted by atomic mass is 16.3. The van der Waals surface area contributed by atoms with Crippen LogP contribution in [0.4, 0.5) is 5.69 Å². The zero-order valence-electron chi connectivity index (χ0n) is 16.7. The number of carbonyl (C=O) groups excluding carboxylic acids is 2. The number of nitrogens with zero attached hydrogens (tertiary/aromatic N) is 1. The van der Waals surface area contributed by atoms with Crippen molar-refractivity contribution in [2.45, 2.75) is 51.7 Å². The van der Waals surface area contributed by atoms with Crippen LogP contribution in [0, 0.1) is 6.92 Å². The van der Waals surface area contributed by atoms with Crippen molar-refractivity contribution < 1.29 is 14.7 Å². The third-order valence-electron chi connectivity index (χ3n) is 5.02. The molecular formula is C23H28N2O3. The van der Waals surface area contributed by atoms with E-state index in [4.69, 9.17) is 0 Å². The van der Waals surface area contributed by atoms with Gasteiger partial charge < -0.3 is 15.3 Å². The van der Waals surface area contributed by atoms with Crippen LogP contribution in [-0.2, 0) is 11.2 Å². The number of nitrogens with one attached hydrogen (secondary N) is 1. The third-order valence-corrected chi connectivity index (χ3v) is 5.02. The summed E-state index contributed by atoms with van der Waals surface area (Å²) in [6.07, 6.45) is 1.73. The fourth-order valence-electron chi connectivity index (χ4n) is 3.39. The highest BCUT2D eigenvalue weighted by Crippen LogP contribution is 2.23. The van der Waals surface area contributed by atoms with Gasteiger partial charge in [0.05, 0.1) is 11.6 Å². The number of hydrogen-bond donors (Lipinski definition) is 2. The molecule has 1 saturated heterocycles. The van der Waals surface area contributed by atoms with Crippen molar-refractivity contribution in [1.29, 1.82) is 0 Å². The van der Waals surface area contributed by atoms with Crippen molar-refractivity contribution in [3.8, 4) is 0 Å². The number of hydrogen-bond acceptors (Lipinski definition) is 3. The maximum Gasteiger partial charge on any atom is 0.251 e. The number of benzene rings is 2. The average Bonchev–Trinajstić information content (AvgIpc) is 3.00. The third kappa shape index (κ3) is 5.20. The SMILES string of the molecule is Cc1cccc(N2C[C@H](NC(=O)c3ccc(CCC(C)(C)O)cc3)CC2=O)c1. The summed E-state index contributed by atoms with van der Waals surface area (Å²) in [7, 11) is 0. The van der Waals surface area contributed by atoms with E-state index in [9.17, 15) is 14.7 Å². The topological polar surface area (TPSA) is 69.6 Å². The number of anilines is 1. The smallest absolute Gasteiger partial charge is 0.251 e. The maximum atomic E-state index is 12.6. The van der Waals surface area contributed by atoms with Crippen LogP contribution in [-0.4, -0.2) is 35.1 Å². The van der Waals surface area contributed by atoms with Crippen molar-refractivity contribution in [1.82, 2.24) is 5.32 Å². The molecule has 0 bridgehead atoms. The Balaban J connectivity index is 1.58. The van der Waals surface area contributed by atoms with Gasteiger partial charge >= 0.3 is 0 Å². The number of carbonyl (C=O) groups is 2. The Bertz CT molecular complexity index is 853. The Labute approximate surface area is 166 Å². The Kier molecular flexibility index (Phi) is 5.84. The van der Waals surface area contributed by atoms with E-state index < -0.39 is 5.60 Å². The van der Waals surface area contributed by atoms with E-state index in [1.165, 1.54) is 0 Å². The molecule has 0 saturated carbocycles. The molecule has 148 valence electrons. The first-order valence-electron chi connectivity index (χ1n) is 9.70. The first kappa shape index (κ1) is 20.1. The Morgan fingerprint density at radius 3 is 2.57 bits per heavy atom. The standard InChI is InChI=1S/C23H28N2O3/c1-16-5-4-6-20(13-16)25-15-19(14-21(25)26)24-22(27)18-9-7-17(8-10-18)11-12-23(2,3)28/h4-10,13,19,28H,11-12,14-15H2,1-3H3,(H,24,27)/t19-/m1/s1. The van der Waals surface area contributed by atoms with Gasteiger partial charge in [0.15, 0.2) is 0 Å². The van der Waals surface area contributed by atoms with Crippen LogP contribution in [0.15, 0.2) is 48.5 Å². The summed E-state index contributed by atoms with van der Waals surface area (Å²) in [5.74, 6) is -0.143. The first-order chi connectivity index (χ1) is 13.2. The molecule has 1 aliphatic heterocycles. The summed E-state index contributed by atoms with van der Waals surface area (Å²) in [6, 6.07) is 15.1. The first-order valence-corrected chi connectivity index (χ1v) is 9.70. The van der Waals surface area contributed by atoms with Gasteiger partial charge in [-0.1, -0.05) is 24.3 Å². The van der Waals surface area contributed by atoms with Crippen molar-refractivity contribution in [2.75, 3.05) is 11.4 Å². The molecule has 1 fully saturated rings. The molecule has 1 aliphatic rings. The number of amides is 2. The highest BCUT2D eigenvalue weighted by molar-refractivity contribution is 5.99. The zero-order valence-corrected chi connectivity index (χ0v) is 16.7. The van der Waals surface area contributed by atoms with Crippen LogP contribution in [0.5, 0.6) is 0 Å². The van der Waals surface area contributed by atoms with Crippen LogP contribution in [0.25, 0.3) is 0 Å². The minimum Gasteiger partial charge on any atom is -0.390 e. The minimum absolute atomic E-state index is 0.0258. The second kappa shape index (κ2) is 8.15. The highest BCUT2D eigenvalue weighted by Gasteiger charge is 2.31. The molecule has 2 aromatic rings. The molecule has 28 heavy (non-hydrogen) atoms. The lowest BCUT2D eigenvalue weighted by Gasteiger charge is -2.18. The van der Waals surface area contributed by atoms with Gasteiger partial charge in [0.25, 0.3) is 5.91 Å². The van der Waals surface area contributed by atoms with E-state index in [1.54, 1.807) is 30.9 Å². The van der Waals surface area contributed by atoms with Crippen LogP contribution < -0.4 is 10.2 Å². The molecule has 2 N–H and O–H groups in total. The van der Waals surface area contributed by atoms with Gasteiger partial charge in [-0.3, -0.25) is 9.59 Å². The largest absolute Gasteiger partial charge is 0.390 e. The summed E-state index contributed by atoms with van der Waals surface area (Å²) in [6.45, 7) is 6.06. The quantitative estimate of drug-likeness (QED) is 0.808. The maximum absolute atomic E-state index is 12.6. The lowest BCUT2D eigenvalue weighted by atomic mass is 9.98. The predicted molar refractivity (Wildman–Crippen MR) is 110 cm³/mol. The lowest BCUT2D eigenvalue weighted by Crippen LogP contribution is -2.37. The fraction of sp³-hybridized carbons (Fsp3) is 0.391. The van der Waals surface area contributed by atoms with Gasteiger partial charge in [0, 0.05) is 24.2 Å².